The molecule has 0 aromatic carbocycles. The quantitative estimate of drug-likeness (QED) is 0.0470. The van der Waals surface area contributed by atoms with Crippen LogP contribution in [0.3, 0.4) is 0 Å². The second kappa shape index (κ2) is 17.5. The van der Waals surface area contributed by atoms with Gasteiger partial charge in [0, 0.05) is 6.54 Å². The van der Waals surface area contributed by atoms with Crippen molar-refractivity contribution in [3.05, 3.63) is 0 Å². The van der Waals surface area contributed by atoms with Crippen LogP contribution in [-0.4, -0.2) is 89.0 Å². The van der Waals surface area contributed by atoms with Crippen molar-refractivity contribution in [1.29, 1.82) is 0 Å². The van der Waals surface area contributed by atoms with Crippen molar-refractivity contribution in [2.24, 2.45) is 34.0 Å². The first-order valence-electron chi connectivity index (χ1n) is 12.5. The van der Waals surface area contributed by atoms with Crippen molar-refractivity contribution in [1.82, 2.24) is 21.3 Å². The van der Waals surface area contributed by atoms with Gasteiger partial charge in [0.25, 0.3) is 0 Å². The van der Waals surface area contributed by atoms with Crippen LogP contribution < -0.4 is 38.5 Å². The maximum absolute atomic E-state index is 12.8. The summed E-state index contributed by atoms with van der Waals surface area (Å²) >= 11 is 0. The lowest BCUT2D eigenvalue weighted by Crippen LogP contribution is -2.56. The third kappa shape index (κ3) is 15.1. The summed E-state index contributed by atoms with van der Waals surface area (Å²) < 4.78 is 0. The van der Waals surface area contributed by atoms with Crippen molar-refractivity contribution in [2.45, 2.75) is 77.5 Å². The topological polar surface area (TPSA) is 281 Å². The first-order chi connectivity index (χ1) is 18.0. The predicted octanol–water partition coefficient (Wildman–Crippen LogP) is -2.80. The van der Waals surface area contributed by atoms with Crippen molar-refractivity contribution < 1.29 is 39.0 Å². The van der Waals surface area contributed by atoms with Gasteiger partial charge in [-0.2, -0.15) is 0 Å². The molecule has 0 aliphatic carbocycles. The largest absolute Gasteiger partial charge is 0.481 e. The highest BCUT2D eigenvalue weighted by atomic mass is 16.4. The minimum absolute atomic E-state index is 0.111. The molecule has 4 atom stereocenters. The molecular weight excluding hydrogens is 516 g/mol. The Morgan fingerprint density at radius 3 is 1.95 bits per heavy atom. The van der Waals surface area contributed by atoms with E-state index in [0.717, 1.165) is 0 Å². The van der Waals surface area contributed by atoms with Crippen molar-refractivity contribution in [2.75, 3.05) is 13.1 Å². The Kier molecular flexibility index (Phi) is 15.8. The molecule has 0 rings (SSSR count). The zero-order valence-corrected chi connectivity index (χ0v) is 22.7. The highest BCUT2D eigenvalue weighted by Gasteiger charge is 2.30. The zero-order chi connectivity index (χ0) is 30.3. The summed E-state index contributed by atoms with van der Waals surface area (Å²) in [4.78, 5) is 76.6. The van der Waals surface area contributed by atoms with E-state index in [1.165, 1.54) is 0 Å². The molecule has 0 aliphatic heterocycles. The van der Waals surface area contributed by atoms with Crippen molar-refractivity contribution >= 4 is 41.5 Å². The minimum Gasteiger partial charge on any atom is -0.481 e. The molecule has 0 aromatic heterocycles. The van der Waals surface area contributed by atoms with Gasteiger partial charge in [0.15, 0.2) is 5.96 Å². The monoisotopic (exact) mass is 558 g/mol. The second-order valence-electron chi connectivity index (χ2n) is 9.75. The van der Waals surface area contributed by atoms with E-state index in [9.17, 15) is 33.9 Å². The molecule has 0 saturated carbocycles. The maximum atomic E-state index is 12.8. The number of carbonyl (C=O) groups is 6. The van der Waals surface area contributed by atoms with Crippen LogP contribution in [0.25, 0.3) is 0 Å². The van der Waals surface area contributed by atoms with Gasteiger partial charge in [-0.1, -0.05) is 27.7 Å². The van der Waals surface area contributed by atoms with Crippen LogP contribution in [0.2, 0.25) is 0 Å². The van der Waals surface area contributed by atoms with E-state index >= 15 is 0 Å². The number of carboxylic acids is 2. The molecule has 0 saturated heterocycles. The third-order valence-electron chi connectivity index (χ3n) is 5.32. The molecular formula is C23H42N8O8. The molecule has 0 bridgehead atoms. The van der Waals surface area contributed by atoms with Gasteiger partial charge in [-0.15, -0.1) is 0 Å². The molecule has 0 radical (unpaired) electrons. The number of amides is 4. The van der Waals surface area contributed by atoms with Gasteiger partial charge in [0.1, 0.15) is 18.1 Å². The lowest BCUT2D eigenvalue weighted by molar-refractivity contribution is -0.144. The molecule has 0 aliphatic rings. The number of aliphatic imine (C=N–C) groups is 1. The highest BCUT2D eigenvalue weighted by molar-refractivity contribution is 5.95. The molecule has 222 valence electrons. The molecule has 4 amide bonds. The van der Waals surface area contributed by atoms with E-state index in [1.54, 1.807) is 13.8 Å². The van der Waals surface area contributed by atoms with E-state index in [2.05, 4.69) is 26.3 Å². The summed E-state index contributed by atoms with van der Waals surface area (Å²) in [6.45, 7) is 6.37. The Morgan fingerprint density at radius 2 is 1.46 bits per heavy atom. The van der Waals surface area contributed by atoms with Crippen LogP contribution in [0, 0.1) is 11.8 Å². The second-order valence-corrected chi connectivity index (χ2v) is 9.75. The fourth-order valence-corrected chi connectivity index (χ4v) is 3.35. The predicted molar refractivity (Wildman–Crippen MR) is 141 cm³/mol. The van der Waals surface area contributed by atoms with Crippen LogP contribution in [0.15, 0.2) is 4.99 Å². The standard InChI is InChI=1S/C23H42N8O8/c1-11(2)8-13(24)19(35)30-14(6-5-7-27-23(25)26)20(36)28-10-16(32)29-15(9-17(33)34)21(37)31-18(12(3)4)22(38)39/h11-15,18H,5-10,24H2,1-4H3,(H,28,36)(H,29,32)(H,30,35)(H,31,37)(H,33,34)(H,38,39)(H4,25,26,27)/t13-,14-,15-,18-/m0/s1. The van der Waals surface area contributed by atoms with Gasteiger partial charge in [-0.05, 0) is 31.1 Å². The molecule has 12 N–H and O–H groups in total. The van der Waals surface area contributed by atoms with Gasteiger partial charge in [-0.25, -0.2) is 4.79 Å². The Hall–Kier alpha value is -3.95. The first kappa shape index (κ1) is 35.0. The number of hydrogen-bond acceptors (Lipinski definition) is 8. The lowest BCUT2D eigenvalue weighted by atomic mass is 10.0. The number of rotatable bonds is 18. The lowest BCUT2D eigenvalue weighted by Gasteiger charge is -2.23. The zero-order valence-electron chi connectivity index (χ0n) is 22.7. The van der Waals surface area contributed by atoms with Gasteiger partial charge in [-0.3, -0.25) is 29.0 Å². The Labute approximate surface area is 226 Å². The molecule has 0 unspecified atom stereocenters. The number of aliphatic carboxylic acids is 2. The van der Waals surface area contributed by atoms with Crippen LogP contribution in [-0.2, 0) is 28.8 Å². The number of carbonyl (C=O) groups excluding carboxylic acids is 4. The maximum Gasteiger partial charge on any atom is 0.326 e. The number of nitrogens with one attached hydrogen (secondary N) is 4. The summed E-state index contributed by atoms with van der Waals surface area (Å²) in [6.07, 6.45) is -0.0279. The van der Waals surface area contributed by atoms with Crippen LogP contribution >= 0.6 is 0 Å². The molecule has 0 spiro atoms. The van der Waals surface area contributed by atoms with E-state index in [-0.39, 0.29) is 24.8 Å². The van der Waals surface area contributed by atoms with Gasteiger partial charge in [0.05, 0.1) is 19.0 Å². The van der Waals surface area contributed by atoms with Crippen LogP contribution in [0.1, 0.15) is 53.4 Å². The molecule has 0 heterocycles. The first-order valence-corrected chi connectivity index (χ1v) is 12.5. The van der Waals surface area contributed by atoms with Crippen LogP contribution in [0.4, 0.5) is 0 Å². The fourth-order valence-electron chi connectivity index (χ4n) is 3.35. The SMILES string of the molecule is CC(C)C[C@H](N)C(=O)N[C@@H](CCCN=C(N)N)C(=O)NCC(=O)N[C@@H](CC(=O)O)C(=O)N[C@H](C(=O)O)C(C)C. The molecule has 16 heteroatoms. The Balaban J connectivity index is 5.33. The summed E-state index contributed by atoms with van der Waals surface area (Å²) in [5, 5.41) is 27.6. The Morgan fingerprint density at radius 1 is 0.846 bits per heavy atom. The van der Waals surface area contributed by atoms with Crippen molar-refractivity contribution in [3.63, 3.8) is 0 Å². The van der Waals surface area contributed by atoms with Gasteiger partial charge < -0.3 is 48.7 Å². The van der Waals surface area contributed by atoms with Crippen molar-refractivity contribution in [3.8, 4) is 0 Å². The number of nitrogens with zero attached hydrogens (tertiary/aromatic N) is 1. The molecule has 0 fully saturated rings. The third-order valence-corrected chi connectivity index (χ3v) is 5.32. The van der Waals surface area contributed by atoms with E-state index in [4.69, 9.17) is 22.3 Å². The minimum atomic E-state index is -1.60. The summed E-state index contributed by atoms with van der Waals surface area (Å²) in [7, 11) is 0. The normalized spacial score (nSPS) is 13.9. The molecule has 16 nitrogen and oxygen atoms in total. The van der Waals surface area contributed by atoms with E-state index in [0.29, 0.717) is 12.8 Å². The van der Waals surface area contributed by atoms with Gasteiger partial charge >= 0.3 is 11.9 Å². The number of guanidine groups is 1. The number of hydrogen-bond donors (Lipinski definition) is 9. The Bertz CT molecular complexity index is 905. The number of nitrogens with two attached hydrogens (primary N) is 3. The molecule has 39 heavy (non-hydrogen) atoms. The molecule has 0 aromatic rings. The summed E-state index contributed by atoms with van der Waals surface area (Å²) in [6, 6.07) is -4.86. The van der Waals surface area contributed by atoms with Gasteiger partial charge in [0.2, 0.25) is 23.6 Å². The van der Waals surface area contributed by atoms with E-state index in [1.807, 2.05) is 13.8 Å². The highest BCUT2D eigenvalue weighted by Crippen LogP contribution is 2.06. The average Bonchev–Trinajstić information content (AvgIpc) is 2.80. The van der Waals surface area contributed by atoms with Crippen LogP contribution in [0.5, 0.6) is 0 Å². The summed E-state index contributed by atoms with van der Waals surface area (Å²) in [5.74, 6) is -6.49. The van der Waals surface area contributed by atoms with E-state index < -0.39 is 78.6 Å². The smallest absolute Gasteiger partial charge is 0.326 e. The average molecular weight is 559 g/mol. The number of carboxylic acid groups (broad SMARTS) is 2. The fraction of sp³-hybridized carbons (Fsp3) is 0.696. The summed E-state index contributed by atoms with van der Waals surface area (Å²) in [5.41, 5.74) is 16.5.